The molecule has 1 aromatic carbocycles. The van der Waals surface area contributed by atoms with Gasteiger partial charge in [-0.3, -0.25) is 4.79 Å². The Morgan fingerprint density at radius 1 is 1.41 bits per heavy atom. The first-order chi connectivity index (χ1) is 8.10. The van der Waals surface area contributed by atoms with E-state index in [2.05, 4.69) is 22.9 Å². The maximum absolute atomic E-state index is 10.7. The number of hydrogen-bond donors (Lipinski definition) is 0. The second kappa shape index (κ2) is 4.92. The van der Waals surface area contributed by atoms with E-state index in [4.69, 9.17) is 9.15 Å². The number of furan rings is 1. The fourth-order valence-electron chi connectivity index (χ4n) is 1.75. The third kappa shape index (κ3) is 2.69. The number of aryl methyl sites for hydroxylation is 1. The highest BCUT2D eigenvalue weighted by Crippen LogP contribution is 2.28. The Hall–Kier alpha value is -1.29. The van der Waals surface area contributed by atoms with Crippen LogP contribution in [0, 0.1) is 0 Å². The van der Waals surface area contributed by atoms with Crippen molar-refractivity contribution in [3.63, 3.8) is 0 Å². The van der Waals surface area contributed by atoms with Crippen molar-refractivity contribution in [3.8, 4) is 0 Å². The zero-order chi connectivity index (χ0) is 12.4. The first-order valence-corrected chi connectivity index (χ1v) is 6.23. The molecule has 0 saturated carbocycles. The van der Waals surface area contributed by atoms with Crippen LogP contribution in [0.1, 0.15) is 25.2 Å². The van der Waals surface area contributed by atoms with Crippen molar-refractivity contribution in [2.75, 3.05) is 0 Å². The molecule has 0 aliphatic heterocycles. The highest BCUT2D eigenvalue weighted by atomic mass is 79.9. The topological polar surface area (TPSA) is 39.4 Å². The molecule has 17 heavy (non-hydrogen) atoms. The highest BCUT2D eigenvalue weighted by Gasteiger charge is 2.09. The predicted octanol–water partition coefficient (Wildman–Crippen LogP) is 3.82. The number of benzene rings is 1. The molecule has 0 saturated heterocycles. The summed E-state index contributed by atoms with van der Waals surface area (Å²) in [5.41, 5.74) is 2.02. The molecule has 0 aliphatic carbocycles. The van der Waals surface area contributed by atoms with Gasteiger partial charge in [0.2, 0.25) is 0 Å². The van der Waals surface area contributed by atoms with Crippen molar-refractivity contribution >= 4 is 32.9 Å². The molecule has 0 aliphatic rings. The number of carbonyl (C=O) groups is 1. The van der Waals surface area contributed by atoms with E-state index < -0.39 is 0 Å². The van der Waals surface area contributed by atoms with Crippen LogP contribution in [-0.2, 0) is 22.6 Å². The van der Waals surface area contributed by atoms with Crippen molar-refractivity contribution in [1.82, 2.24) is 0 Å². The fourth-order valence-corrected chi connectivity index (χ4v) is 2.27. The molecular weight excluding hydrogens is 284 g/mol. The van der Waals surface area contributed by atoms with Gasteiger partial charge in [0.1, 0.15) is 18.0 Å². The SMILES string of the molecule is CCc1cc(Br)cc2cc(COC(C)=O)oc12. The Morgan fingerprint density at radius 2 is 2.18 bits per heavy atom. The van der Waals surface area contributed by atoms with E-state index in [9.17, 15) is 4.79 Å². The normalized spacial score (nSPS) is 10.8. The van der Waals surface area contributed by atoms with E-state index in [1.807, 2.05) is 18.2 Å². The van der Waals surface area contributed by atoms with Gasteiger partial charge in [0.15, 0.2) is 0 Å². The van der Waals surface area contributed by atoms with Gasteiger partial charge in [-0.15, -0.1) is 0 Å². The first-order valence-electron chi connectivity index (χ1n) is 5.44. The van der Waals surface area contributed by atoms with Gasteiger partial charge in [-0.25, -0.2) is 0 Å². The molecule has 2 rings (SSSR count). The molecule has 90 valence electrons. The summed E-state index contributed by atoms with van der Waals surface area (Å²) in [5, 5.41) is 1.03. The summed E-state index contributed by atoms with van der Waals surface area (Å²) in [6.07, 6.45) is 0.899. The highest BCUT2D eigenvalue weighted by molar-refractivity contribution is 9.10. The minimum atomic E-state index is -0.303. The number of carbonyl (C=O) groups excluding carboxylic acids is 1. The van der Waals surface area contributed by atoms with Crippen LogP contribution in [0.5, 0.6) is 0 Å². The summed E-state index contributed by atoms with van der Waals surface area (Å²) in [4.78, 5) is 10.7. The first kappa shape index (κ1) is 12.2. The van der Waals surface area contributed by atoms with Gasteiger partial charge >= 0.3 is 5.97 Å². The van der Waals surface area contributed by atoms with Crippen LogP contribution in [0.2, 0.25) is 0 Å². The van der Waals surface area contributed by atoms with Gasteiger partial charge in [0, 0.05) is 16.8 Å². The lowest BCUT2D eigenvalue weighted by Crippen LogP contribution is -1.97. The molecule has 2 aromatic rings. The molecule has 3 nitrogen and oxygen atoms in total. The molecular formula is C13H13BrO3. The summed E-state index contributed by atoms with van der Waals surface area (Å²) in [6.45, 7) is 3.65. The smallest absolute Gasteiger partial charge is 0.303 e. The maximum Gasteiger partial charge on any atom is 0.303 e. The van der Waals surface area contributed by atoms with E-state index in [1.165, 1.54) is 6.92 Å². The molecule has 0 fully saturated rings. The summed E-state index contributed by atoms with van der Waals surface area (Å²) >= 11 is 3.47. The lowest BCUT2D eigenvalue weighted by Gasteiger charge is -1.99. The molecule has 1 heterocycles. The van der Waals surface area contributed by atoms with Gasteiger partial charge in [-0.2, -0.15) is 0 Å². The average molecular weight is 297 g/mol. The Kier molecular flexibility index (Phi) is 3.52. The molecule has 1 aromatic heterocycles. The van der Waals surface area contributed by atoms with Gasteiger partial charge in [0.05, 0.1) is 0 Å². The zero-order valence-electron chi connectivity index (χ0n) is 9.75. The van der Waals surface area contributed by atoms with Gasteiger partial charge < -0.3 is 9.15 Å². The zero-order valence-corrected chi connectivity index (χ0v) is 11.3. The van der Waals surface area contributed by atoms with Gasteiger partial charge in [0.25, 0.3) is 0 Å². The van der Waals surface area contributed by atoms with Crippen LogP contribution < -0.4 is 0 Å². The molecule has 0 radical (unpaired) electrons. The van der Waals surface area contributed by atoms with E-state index in [0.29, 0.717) is 5.76 Å². The quantitative estimate of drug-likeness (QED) is 0.808. The third-order valence-electron chi connectivity index (χ3n) is 2.51. The standard InChI is InChI=1S/C13H13BrO3/c1-3-9-4-11(14)5-10-6-12(17-13(9)10)7-16-8(2)15/h4-6H,3,7H2,1-2H3. The van der Waals surface area contributed by atoms with Crippen molar-refractivity contribution < 1.29 is 13.9 Å². The van der Waals surface area contributed by atoms with Crippen LogP contribution in [0.4, 0.5) is 0 Å². The average Bonchev–Trinajstić information content (AvgIpc) is 2.67. The Labute approximate surface area is 108 Å². The van der Waals surface area contributed by atoms with Crippen molar-refractivity contribution in [3.05, 3.63) is 34.0 Å². The van der Waals surface area contributed by atoms with E-state index >= 15 is 0 Å². The van der Waals surface area contributed by atoms with Crippen LogP contribution in [0.3, 0.4) is 0 Å². The number of ether oxygens (including phenoxy) is 1. The number of halogens is 1. The molecule has 0 spiro atoms. The largest absolute Gasteiger partial charge is 0.458 e. The molecule has 0 bridgehead atoms. The summed E-state index contributed by atoms with van der Waals surface area (Å²) in [6, 6.07) is 5.94. The third-order valence-corrected chi connectivity index (χ3v) is 2.97. The van der Waals surface area contributed by atoms with Crippen molar-refractivity contribution in [2.45, 2.75) is 26.9 Å². The predicted molar refractivity (Wildman–Crippen MR) is 68.8 cm³/mol. The van der Waals surface area contributed by atoms with E-state index in [1.54, 1.807) is 0 Å². The van der Waals surface area contributed by atoms with Crippen LogP contribution in [0.15, 0.2) is 27.1 Å². The lowest BCUT2D eigenvalue weighted by molar-refractivity contribution is -0.142. The van der Waals surface area contributed by atoms with E-state index in [-0.39, 0.29) is 12.6 Å². The molecule has 0 amide bonds. The summed E-state index contributed by atoms with van der Waals surface area (Å²) < 4.78 is 11.6. The molecule has 0 atom stereocenters. The monoisotopic (exact) mass is 296 g/mol. The Bertz CT molecular complexity index is 557. The Morgan fingerprint density at radius 3 is 2.82 bits per heavy atom. The van der Waals surface area contributed by atoms with Crippen molar-refractivity contribution in [2.24, 2.45) is 0 Å². The van der Waals surface area contributed by atoms with Gasteiger partial charge in [-0.1, -0.05) is 22.9 Å². The summed E-state index contributed by atoms with van der Waals surface area (Å²) in [5.74, 6) is 0.366. The number of rotatable bonds is 3. The van der Waals surface area contributed by atoms with Crippen molar-refractivity contribution in [1.29, 1.82) is 0 Å². The number of hydrogen-bond acceptors (Lipinski definition) is 3. The van der Waals surface area contributed by atoms with E-state index in [0.717, 1.165) is 27.4 Å². The Balaban J connectivity index is 2.39. The summed E-state index contributed by atoms with van der Waals surface area (Å²) in [7, 11) is 0. The molecule has 0 unspecified atom stereocenters. The van der Waals surface area contributed by atoms with Gasteiger partial charge in [-0.05, 0) is 30.2 Å². The number of fused-ring (bicyclic) bond motifs is 1. The van der Waals surface area contributed by atoms with Crippen LogP contribution in [0.25, 0.3) is 11.0 Å². The second-order valence-corrected chi connectivity index (χ2v) is 4.75. The lowest BCUT2D eigenvalue weighted by atomic mass is 10.1. The maximum atomic E-state index is 10.7. The minimum Gasteiger partial charge on any atom is -0.458 e. The fraction of sp³-hybridized carbons (Fsp3) is 0.308. The van der Waals surface area contributed by atoms with Crippen LogP contribution in [-0.4, -0.2) is 5.97 Å². The van der Waals surface area contributed by atoms with Crippen LogP contribution >= 0.6 is 15.9 Å². The second-order valence-electron chi connectivity index (χ2n) is 3.83. The minimum absolute atomic E-state index is 0.185. The molecule has 4 heteroatoms. The number of esters is 1. The molecule has 0 N–H and O–H groups in total.